The van der Waals surface area contributed by atoms with Crippen LogP contribution < -0.4 is 0 Å². The van der Waals surface area contributed by atoms with Gasteiger partial charge < -0.3 is 0 Å². The van der Waals surface area contributed by atoms with Crippen LogP contribution in [0, 0.1) is 29.6 Å². The second-order valence-electron chi connectivity index (χ2n) is 1.82. The van der Waals surface area contributed by atoms with Gasteiger partial charge in [0.1, 0.15) is 0 Å². The molecule has 0 amide bonds. The highest BCUT2D eigenvalue weighted by atomic mass is 32.2. The SMILES string of the molecule is C#CC(OS(=O)O)C(C)C#N. The van der Waals surface area contributed by atoms with Gasteiger partial charge in [0.25, 0.3) is 0 Å². The van der Waals surface area contributed by atoms with Crippen LogP contribution in [0.5, 0.6) is 0 Å². The minimum absolute atomic E-state index is 0.587. The molecule has 0 fully saturated rings. The number of hydrogen-bond donors (Lipinski definition) is 1. The smallest absolute Gasteiger partial charge is 0.284 e. The Bertz CT molecular complexity index is 227. The average molecular weight is 173 g/mol. The maximum atomic E-state index is 10.1. The molecule has 0 spiro atoms. The zero-order valence-corrected chi connectivity index (χ0v) is 6.67. The molecule has 3 atom stereocenters. The predicted octanol–water partition coefficient (Wildman–Crippen LogP) is 0.301. The van der Waals surface area contributed by atoms with Crippen molar-refractivity contribution in [1.82, 2.24) is 0 Å². The molecule has 0 aliphatic rings. The maximum absolute atomic E-state index is 10.1. The summed E-state index contributed by atoms with van der Waals surface area (Å²) >= 11 is -2.41. The van der Waals surface area contributed by atoms with Crippen molar-refractivity contribution in [3.63, 3.8) is 0 Å². The fourth-order valence-electron chi connectivity index (χ4n) is 0.412. The third kappa shape index (κ3) is 3.74. The van der Waals surface area contributed by atoms with Crippen molar-refractivity contribution in [2.45, 2.75) is 13.0 Å². The molecule has 0 radical (unpaired) electrons. The van der Waals surface area contributed by atoms with Gasteiger partial charge in [-0.25, -0.2) is 0 Å². The van der Waals surface area contributed by atoms with Gasteiger partial charge in [0.15, 0.2) is 6.10 Å². The lowest BCUT2D eigenvalue weighted by Gasteiger charge is -2.08. The van der Waals surface area contributed by atoms with Crippen LogP contribution in [0.15, 0.2) is 0 Å². The minimum Gasteiger partial charge on any atom is -0.284 e. The first kappa shape index (κ1) is 10.1. The van der Waals surface area contributed by atoms with Gasteiger partial charge in [-0.05, 0) is 6.92 Å². The molecule has 5 heteroatoms. The van der Waals surface area contributed by atoms with Gasteiger partial charge in [-0.3, -0.25) is 8.74 Å². The first-order chi connectivity index (χ1) is 5.11. The molecule has 11 heavy (non-hydrogen) atoms. The highest BCUT2D eigenvalue weighted by Gasteiger charge is 2.16. The second kappa shape index (κ2) is 4.86. The molecule has 0 aromatic rings. The van der Waals surface area contributed by atoms with Crippen LogP contribution in [0.2, 0.25) is 0 Å². The summed E-state index contributed by atoms with van der Waals surface area (Å²) in [4.78, 5) is 0. The summed E-state index contributed by atoms with van der Waals surface area (Å²) in [6, 6.07) is 1.81. The first-order valence-corrected chi connectivity index (χ1v) is 3.78. The zero-order chi connectivity index (χ0) is 8.85. The Morgan fingerprint density at radius 3 is 2.64 bits per heavy atom. The summed E-state index contributed by atoms with van der Waals surface area (Å²) in [5.41, 5.74) is 0. The molecule has 0 bridgehead atoms. The van der Waals surface area contributed by atoms with Gasteiger partial charge in [0.05, 0.1) is 12.0 Å². The van der Waals surface area contributed by atoms with Crippen molar-refractivity contribution < 1.29 is 12.9 Å². The summed E-state index contributed by atoms with van der Waals surface area (Å²) in [7, 11) is 0. The highest BCUT2D eigenvalue weighted by molar-refractivity contribution is 7.74. The Labute approximate surface area is 67.7 Å². The third-order valence-electron chi connectivity index (χ3n) is 1.01. The number of rotatable bonds is 3. The molecule has 0 saturated heterocycles. The monoisotopic (exact) mass is 173 g/mol. The fourth-order valence-corrected chi connectivity index (χ4v) is 0.811. The van der Waals surface area contributed by atoms with Crippen LogP contribution in [0.3, 0.4) is 0 Å². The number of nitriles is 1. The molecule has 0 aromatic heterocycles. The summed E-state index contributed by atoms with van der Waals surface area (Å²) in [5.74, 6) is 1.50. The third-order valence-corrected chi connectivity index (χ3v) is 1.38. The Balaban J connectivity index is 4.11. The van der Waals surface area contributed by atoms with Crippen molar-refractivity contribution in [2.24, 2.45) is 5.92 Å². The van der Waals surface area contributed by atoms with Crippen molar-refractivity contribution in [3.05, 3.63) is 0 Å². The number of hydrogen-bond acceptors (Lipinski definition) is 3. The molecule has 0 aliphatic heterocycles. The molecule has 1 N–H and O–H groups in total. The Kier molecular flexibility index (Phi) is 4.47. The Morgan fingerprint density at radius 2 is 2.36 bits per heavy atom. The summed E-state index contributed by atoms with van der Waals surface area (Å²) in [5, 5.41) is 8.34. The van der Waals surface area contributed by atoms with Crippen LogP contribution in [0.25, 0.3) is 0 Å². The Hall–Kier alpha value is -0.880. The van der Waals surface area contributed by atoms with Crippen molar-refractivity contribution >= 4 is 11.4 Å². The van der Waals surface area contributed by atoms with Crippen LogP contribution in [0.4, 0.5) is 0 Å². The van der Waals surface area contributed by atoms with E-state index in [-0.39, 0.29) is 0 Å². The van der Waals surface area contributed by atoms with E-state index in [2.05, 4.69) is 10.1 Å². The lowest BCUT2D eigenvalue weighted by atomic mass is 10.1. The first-order valence-electron chi connectivity index (χ1n) is 2.75. The van der Waals surface area contributed by atoms with Crippen LogP contribution in [-0.4, -0.2) is 14.9 Å². The highest BCUT2D eigenvalue weighted by Crippen LogP contribution is 2.05. The molecule has 0 aliphatic carbocycles. The molecule has 60 valence electrons. The van der Waals surface area contributed by atoms with E-state index in [0.717, 1.165) is 0 Å². The van der Waals surface area contributed by atoms with Gasteiger partial charge >= 0.3 is 11.4 Å². The van der Waals surface area contributed by atoms with E-state index in [1.165, 1.54) is 6.92 Å². The molecule has 0 saturated carbocycles. The molecule has 3 unspecified atom stereocenters. The standard InChI is InChI=1S/C6H7NO3S/c1-3-6(5(2)4-7)10-11(8)9/h1,5-6H,2H3,(H,8,9). The summed E-state index contributed by atoms with van der Waals surface area (Å²) in [6.07, 6.45) is 4.00. The molecule has 0 heterocycles. The van der Waals surface area contributed by atoms with E-state index >= 15 is 0 Å². The van der Waals surface area contributed by atoms with Gasteiger partial charge in [0.2, 0.25) is 0 Å². The Morgan fingerprint density at radius 1 is 1.82 bits per heavy atom. The second-order valence-corrected chi connectivity index (χ2v) is 2.45. The number of terminal acetylenes is 1. The molecular formula is C6H7NO3S. The average Bonchev–Trinajstić information content (AvgIpc) is 1.98. The minimum atomic E-state index is -2.41. The van der Waals surface area contributed by atoms with Crippen LogP contribution >= 0.6 is 0 Å². The van der Waals surface area contributed by atoms with E-state index in [0.29, 0.717) is 0 Å². The topological polar surface area (TPSA) is 70.3 Å². The van der Waals surface area contributed by atoms with Gasteiger partial charge in [-0.2, -0.15) is 9.47 Å². The molecule has 0 aromatic carbocycles. The molecule has 4 nitrogen and oxygen atoms in total. The predicted molar refractivity (Wildman–Crippen MR) is 39.3 cm³/mol. The van der Waals surface area contributed by atoms with Crippen molar-refractivity contribution in [1.29, 1.82) is 5.26 Å². The van der Waals surface area contributed by atoms with E-state index < -0.39 is 23.4 Å². The van der Waals surface area contributed by atoms with Crippen molar-refractivity contribution in [2.75, 3.05) is 0 Å². The number of nitrogens with zero attached hydrogens (tertiary/aromatic N) is 1. The van der Waals surface area contributed by atoms with E-state index in [1.54, 1.807) is 0 Å². The van der Waals surface area contributed by atoms with E-state index in [4.69, 9.17) is 16.2 Å². The van der Waals surface area contributed by atoms with E-state index in [9.17, 15) is 4.21 Å². The van der Waals surface area contributed by atoms with Crippen LogP contribution in [0.1, 0.15) is 6.92 Å². The quantitative estimate of drug-likeness (QED) is 0.492. The summed E-state index contributed by atoms with van der Waals surface area (Å²) in [6.45, 7) is 1.51. The van der Waals surface area contributed by atoms with Gasteiger partial charge in [-0.15, -0.1) is 6.42 Å². The zero-order valence-electron chi connectivity index (χ0n) is 5.85. The normalized spacial score (nSPS) is 17.5. The van der Waals surface area contributed by atoms with Gasteiger partial charge in [0, 0.05) is 0 Å². The summed E-state index contributed by atoms with van der Waals surface area (Å²) < 4.78 is 22.6. The maximum Gasteiger partial charge on any atom is 0.303 e. The van der Waals surface area contributed by atoms with Crippen LogP contribution in [-0.2, 0) is 15.5 Å². The van der Waals surface area contributed by atoms with E-state index in [1.807, 2.05) is 6.07 Å². The lowest BCUT2D eigenvalue weighted by Crippen LogP contribution is -2.19. The molecular weight excluding hydrogens is 166 g/mol. The fraction of sp³-hybridized carbons (Fsp3) is 0.500. The molecule has 0 rings (SSSR count). The largest absolute Gasteiger partial charge is 0.303 e. The van der Waals surface area contributed by atoms with Gasteiger partial charge in [-0.1, -0.05) is 5.92 Å². The van der Waals surface area contributed by atoms with Crippen molar-refractivity contribution in [3.8, 4) is 18.4 Å². The lowest BCUT2D eigenvalue weighted by molar-refractivity contribution is 0.224.